The fourth-order valence-electron chi connectivity index (χ4n) is 3.39. The summed E-state index contributed by atoms with van der Waals surface area (Å²) in [5.41, 5.74) is 1.75. The van der Waals surface area contributed by atoms with Gasteiger partial charge >= 0.3 is 0 Å². The minimum atomic E-state index is -3.62. The molecule has 3 rings (SSSR count). The molecule has 0 bridgehead atoms. The van der Waals surface area contributed by atoms with Gasteiger partial charge in [-0.15, -0.1) is 0 Å². The third kappa shape index (κ3) is 5.41. The van der Waals surface area contributed by atoms with Crippen molar-refractivity contribution in [3.63, 3.8) is 0 Å². The largest absolute Gasteiger partial charge is 0.326 e. The van der Waals surface area contributed by atoms with Crippen molar-refractivity contribution in [3.05, 3.63) is 46.7 Å². The number of nitrogens with zero attached hydrogens (tertiary/aromatic N) is 1. The summed E-state index contributed by atoms with van der Waals surface area (Å²) in [4.78, 5) is 14.0. The molecule has 1 aliphatic rings. The van der Waals surface area contributed by atoms with Gasteiger partial charge in [0, 0.05) is 24.7 Å². The summed E-state index contributed by atoms with van der Waals surface area (Å²) in [6.07, 6.45) is 3.91. The molecule has 1 unspecified atom stereocenters. The molecule has 0 aliphatic carbocycles. The van der Waals surface area contributed by atoms with E-state index in [1.54, 1.807) is 30.4 Å². The predicted octanol–water partition coefficient (Wildman–Crippen LogP) is 3.60. The van der Waals surface area contributed by atoms with Crippen molar-refractivity contribution in [2.45, 2.75) is 43.5 Å². The van der Waals surface area contributed by atoms with Gasteiger partial charge in [0.05, 0.1) is 4.90 Å². The maximum atomic E-state index is 12.8. The zero-order chi connectivity index (χ0) is 20.0. The molecule has 1 saturated heterocycles. The normalized spacial score (nSPS) is 16.6. The van der Waals surface area contributed by atoms with Crippen LogP contribution in [0.15, 0.2) is 46.0 Å². The fourth-order valence-corrected chi connectivity index (χ4v) is 5.14. The van der Waals surface area contributed by atoms with E-state index < -0.39 is 10.0 Å². The quantitative estimate of drug-likeness (QED) is 0.683. The molecule has 28 heavy (non-hydrogen) atoms. The number of piperidine rings is 1. The molecule has 0 saturated carbocycles. The number of hydrogen-bond donors (Lipinski definition) is 2. The zero-order valence-corrected chi connectivity index (χ0v) is 17.7. The minimum Gasteiger partial charge on any atom is -0.326 e. The molecule has 0 spiro atoms. The first-order valence-electron chi connectivity index (χ1n) is 9.65. The number of amides is 1. The maximum Gasteiger partial charge on any atom is 0.240 e. The van der Waals surface area contributed by atoms with Gasteiger partial charge in [-0.05, 0) is 72.6 Å². The Labute approximate surface area is 171 Å². The molecule has 1 aromatic heterocycles. The van der Waals surface area contributed by atoms with Crippen molar-refractivity contribution in [2.24, 2.45) is 0 Å². The van der Waals surface area contributed by atoms with Gasteiger partial charge in [0.15, 0.2) is 0 Å². The van der Waals surface area contributed by atoms with Gasteiger partial charge in [-0.2, -0.15) is 11.3 Å². The number of carbonyl (C=O) groups excluding carboxylic acids is 1. The van der Waals surface area contributed by atoms with E-state index in [2.05, 4.69) is 26.4 Å². The molecule has 0 radical (unpaired) electrons. The first kappa shape index (κ1) is 21.0. The van der Waals surface area contributed by atoms with Crippen LogP contribution in [0.4, 0.5) is 5.69 Å². The van der Waals surface area contributed by atoms with Crippen molar-refractivity contribution in [3.8, 4) is 0 Å². The second-order valence-corrected chi connectivity index (χ2v) is 9.49. The van der Waals surface area contributed by atoms with Crippen LogP contribution in [0.1, 0.15) is 44.2 Å². The lowest BCUT2D eigenvalue weighted by atomic mass is 10.0. The number of rotatable bonds is 8. The highest BCUT2D eigenvalue weighted by atomic mass is 32.2. The first-order valence-corrected chi connectivity index (χ1v) is 12.1. The highest BCUT2D eigenvalue weighted by Crippen LogP contribution is 2.26. The van der Waals surface area contributed by atoms with Gasteiger partial charge in [0.1, 0.15) is 0 Å². The van der Waals surface area contributed by atoms with Crippen LogP contribution < -0.4 is 10.0 Å². The molecule has 6 nitrogen and oxygen atoms in total. The molecule has 152 valence electrons. The topological polar surface area (TPSA) is 78.5 Å². The molecular weight excluding hydrogens is 394 g/mol. The van der Waals surface area contributed by atoms with Crippen LogP contribution in [0.3, 0.4) is 0 Å². The van der Waals surface area contributed by atoms with Crippen LogP contribution in [0.5, 0.6) is 0 Å². The van der Waals surface area contributed by atoms with Crippen LogP contribution in [-0.4, -0.2) is 38.9 Å². The molecule has 1 amide bonds. The van der Waals surface area contributed by atoms with Gasteiger partial charge in [0.2, 0.25) is 15.9 Å². The Morgan fingerprint density at radius 2 is 1.86 bits per heavy atom. The van der Waals surface area contributed by atoms with Gasteiger partial charge in [-0.1, -0.05) is 13.3 Å². The Hall–Kier alpha value is -1.74. The lowest BCUT2D eigenvalue weighted by molar-refractivity contribution is -0.115. The Kier molecular flexibility index (Phi) is 7.23. The van der Waals surface area contributed by atoms with E-state index in [0.717, 1.165) is 31.5 Å². The van der Waals surface area contributed by atoms with Crippen LogP contribution in [0, 0.1) is 0 Å². The van der Waals surface area contributed by atoms with Crippen molar-refractivity contribution in [1.29, 1.82) is 0 Å². The molecule has 2 heterocycles. The van der Waals surface area contributed by atoms with E-state index in [1.165, 1.54) is 18.6 Å². The zero-order valence-electron chi connectivity index (χ0n) is 16.1. The highest BCUT2D eigenvalue weighted by molar-refractivity contribution is 7.89. The number of hydrogen-bond acceptors (Lipinski definition) is 5. The van der Waals surface area contributed by atoms with Gasteiger partial charge in [-0.3, -0.25) is 9.69 Å². The molecule has 1 fully saturated rings. The third-order valence-electron chi connectivity index (χ3n) is 5.00. The number of carbonyl (C=O) groups is 1. The van der Waals surface area contributed by atoms with Crippen molar-refractivity contribution < 1.29 is 13.2 Å². The van der Waals surface area contributed by atoms with Crippen LogP contribution in [0.25, 0.3) is 0 Å². The smallest absolute Gasteiger partial charge is 0.240 e. The number of thiophene rings is 1. The second-order valence-electron chi connectivity index (χ2n) is 6.95. The molecule has 8 heteroatoms. The third-order valence-corrected chi connectivity index (χ3v) is 7.14. The summed E-state index contributed by atoms with van der Waals surface area (Å²) in [7, 11) is -3.62. The number of likely N-dealkylation sites (tertiary alicyclic amines) is 1. The summed E-state index contributed by atoms with van der Waals surface area (Å²) in [5.74, 6) is -0.103. The highest BCUT2D eigenvalue weighted by Gasteiger charge is 2.25. The van der Waals surface area contributed by atoms with E-state index in [9.17, 15) is 13.2 Å². The molecule has 2 N–H and O–H groups in total. The number of nitrogens with one attached hydrogen (secondary N) is 2. The van der Waals surface area contributed by atoms with E-state index in [1.807, 2.05) is 5.38 Å². The van der Waals surface area contributed by atoms with Gasteiger partial charge in [0.25, 0.3) is 0 Å². The summed E-state index contributed by atoms with van der Waals surface area (Å²) in [6, 6.07) is 8.39. The van der Waals surface area contributed by atoms with E-state index in [4.69, 9.17) is 0 Å². The number of anilines is 1. The summed E-state index contributed by atoms with van der Waals surface area (Å²) < 4.78 is 28.3. The van der Waals surface area contributed by atoms with Crippen molar-refractivity contribution in [1.82, 2.24) is 9.62 Å². The summed E-state index contributed by atoms with van der Waals surface area (Å²) in [6.45, 7) is 4.10. The standard InChI is InChI=1S/C20H27N3O3S2/c1-2-20(24)22-17-6-8-18(9-7-17)28(25,26)21-14-19(16-10-13-27-15-16)23-11-4-3-5-12-23/h6-10,13,15,19,21H,2-5,11-12,14H2,1H3,(H,22,24). The average molecular weight is 422 g/mol. The monoisotopic (exact) mass is 421 g/mol. The Bertz CT molecular complexity index is 859. The SMILES string of the molecule is CCC(=O)Nc1ccc(S(=O)(=O)NCC(c2ccsc2)N2CCCCC2)cc1. The molecule has 2 aromatic rings. The van der Waals surface area contributed by atoms with Gasteiger partial charge < -0.3 is 5.32 Å². The molecule has 1 aliphatic heterocycles. The maximum absolute atomic E-state index is 12.8. The predicted molar refractivity (Wildman–Crippen MR) is 113 cm³/mol. The van der Waals surface area contributed by atoms with Crippen molar-refractivity contribution >= 4 is 33.0 Å². The Morgan fingerprint density at radius 3 is 2.46 bits per heavy atom. The first-order chi connectivity index (χ1) is 13.5. The van der Waals surface area contributed by atoms with Crippen LogP contribution in [-0.2, 0) is 14.8 Å². The number of sulfonamides is 1. The van der Waals surface area contributed by atoms with E-state index in [0.29, 0.717) is 18.7 Å². The molecule has 1 aromatic carbocycles. The van der Waals surface area contributed by atoms with E-state index in [-0.39, 0.29) is 16.8 Å². The van der Waals surface area contributed by atoms with Crippen LogP contribution >= 0.6 is 11.3 Å². The van der Waals surface area contributed by atoms with E-state index >= 15 is 0 Å². The van der Waals surface area contributed by atoms with Crippen LogP contribution in [0.2, 0.25) is 0 Å². The lowest BCUT2D eigenvalue weighted by Gasteiger charge is -2.34. The average Bonchev–Trinajstić information content (AvgIpc) is 3.24. The summed E-state index contributed by atoms with van der Waals surface area (Å²) in [5, 5.41) is 6.85. The minimum absolute atomic E-state index is 0.0458. The number of benzene rings is 1. The Balaban J connectivity index is 1.69. The molecular formula is C20H27N3O3S2. The lowest BCUT2D eigenvalue weighted by Crippen LogP contribution is -2.40. The van der Waals surface area contributed by atoms with Gasteiger partial charge in [-0.25, -0.2) is 13.1 Å². The fraction of sp³-hybridized carbons (Fsp3) is 0.450. The summed E-state index contributed by atoms with van der Waals surface area (Å²) >= 11 is 1.63. The Morgan fingerprint density at radius 1 is 1.14 bits per heavy atom. The molecule has 1 atom stereocenters. The van der Waals surface area contributed by atoms with Crippen molar-refractivity contribution in [2.75, 3.05) is 25.0 Å². The second kappa shape index (κ2) is 9.65.